The van der Waals surface area contributed by atoms with E-state index in [0.29, 0.717) is 5.02 Å². The third kappa shape index (κ3) is 1.76. The number of nitrogens with one attached hydrogen (secondary N) is 1. The summed E-state index contributed by atoms with van der Waals surface area (Å²) in [6.07, 6.45) is 1.69. The lowest BCUT2D eigenvalue weighted by molar-refractivity contribution is 0.628. The van der Waals surface area contributed by atoms with Crippen molar-refractivity contribution >= 4 is 34.2 Å². The Morgan fingerprint density at radius 2 is 2.21 bits per heavy atom. The van der Waals surface area contributed by atoms with E-state index in [0.717, 1.165) is 14.8 Å². The highest BCUT2D eigenvalue weighted by Gasteiger charge is 2.09. The first kappa shape index (κ1) is 9.92. The van der Waals surface area contributed by atoms with Crippen LogP contribution >= 0.6 is 34.2 Å². The van der Waals surface area contributed by atoms with Gasteiger partial charge < -0.3 is 0 Å². The van der Waals surface area contributed by atoms with Crippen molar-refractivity contribution in [1.29, 1.82) is 0 Å². The van der Waals surface area contributed by atoms with Crippen molar-refractivity contribution in [3.8, 4) is 11.3 Å². The second kappa shape index (κ2) is 3.86. The maximum atomic E-state index is 12.8. The Hall–Kier alpha value is -0.620. The number of rotatable bonds is 1. The fourth-order valence-electron chi connectivity index (χ4n) is 1.15. The second-order valence-corrected chi connectivity index (χ2v) is 4.29. The van der Waals surface area contributed by atoms with E-state index in [9.17, 15) is 4.39 Å². The molecule has 0 amide bonds. The first-order valence-electron chi connectivity index (χ1n) is 3.83. The van der Waals surface area contributed by atoms with Crippen LogP contribution in [0.4, 0.5) is 4.39 Å². The molecule has 2 aromatic rings. The number of aromatic amines is 1. The van der Waals surface area contributed by atoms with E-state index in [-0.39, 0.29) is 5.82 Å². The molecule has 1 N–H and O–H groups in total. The molecule has 14 heavy (non-hydrogen) atoms. The summed E-state index contributed by atoms with van der Waals surface area (Å²) >= 11 is 8.04. The van der Waals surface area contributed by atoms with Gasteiger partial charge in [-0.25, -0.2) is 4.39 Å². The fourth-order valence-corrected chi connectivity index (χ4v) is 1.96. The molecule has 0 aliphatic rings. The van der Waals surface area contributed by atoms with Crippen LogP contribution in [0.3, 0.4) is 0 Å². The molecule has 2 rings (SSSR count). The van der Waals surface area contributed by atoms with Gasteiger partial charge in [0.15, 0.2) is 0 Å². The van der Waals surface area contributed by atoms with Gasteiger partial charge in [-0.3, -0.25) is 5.10 Å². The van der Waals surface area contributed by atoms with Crippen LogP contribution in [0.5, 0.6) is 0 Å². The molecule has 72 valence electrons. The largest absolute Gasteiger partial charge is 0.277 e. The molecule has 0 spiro atoms. The standard InChI is InChI=1S/C9H5ClFIN2/c10-7-3-5(11)1-2-6(7)9-8(12)4-13-14-9/h1-4H,(H,13,14). The zero-order valence-corrected chi connectivity index (χ0v) is 9.80. The van der Waals surface area contributed by atoms with Gasteiger partial charge in [0, 0.05) is 5.56 Å². The second-order valence-electron chi connectivity index (χ2n) is 2.72. The topological polar surface area (TPSA) is 28.7 Å². The van der Waals surface area contributed by atoms with Crippen LogP contribution in [0.15, 0.2) is 24.4 Å². The third-order valence-corrected chi connectivity index (χ3v) is 2.92. The Balaban J connectivity index is 2.58. The smallest absolute Gasteiger partial charge is 0.124 e. The van der Waals surface area contributed by atoms with Crippen molar-refractivity contribution < 1.29 is 4.39 Å². The van der Waals surface area contributed by atoms with Crippen molar-refractivity contribution in [3.63, 3.8) is 0 Å². The molecule has 0 aliphatic heterocycles. The molecule has 0 radical (unpaired) electrons. The summed E-state index contributed by atoms with van der Waals surface area (Å²) in [4.78, 5) is 0. The van der Waals surface area contributed by atoms with Crippen LogP contribution in [0.25, 0.3) is 11.3 Å². The third-order valence-electron chi connectivity index (χ3n) is 1.79. The molecule has 0 bridgehead atoms. The van der Waals surface area contributed by atoms with Crippen molar-refractivity contribution in [2.75, 3.05) is 0 Å². The normalized spacial score (nSPS) is 10.5. The van der Waals surface area contributed by atoms with Gasteiger partial charge in [0.1, 0.15) is 5.82 Å². The summed E-state index contributed by atoms with van der Waals surface area (Å²) in [7, 11) is 0. The zero-order valence-electron chi connectivity index (χ0n) is 6.89. The molecule has 1 heterocycles. The number of halogens is 3. The van der Waals surface area contributed by atoms with Gasteiger partial charge in [0.25, 0.3) is 0 Å². The van der Waals surface area contributed by atoms with Crippen LogP contribution in [0, 0.1) is 9.39 Å². The zero-order chi connectivity index (χ0) is 10.1. The van der Waals surface area contributed by atoms with Crippen molar-refractivity contribution in [1.82, 2.24) is 10.2 Å². The van der Waals surface area contributed by atoms with Crippen molar-refractivity contribution in [2.45, 2.75) is 0 Å². The first-order chi connectivity index (χ1) is 6.68. The Morgan fingerprint density at radius 1 is 1.43 bits per heavy atom. The summed E-state index contributed by atoms with van der Waals surface area (Å²) in [5.74, 6) is -0.340. The van der Waals surface area contributed by atoms with Gasteiger partial charge in [0.05, 0.1) is 20.5 Å². The maximum absolute atomic E-state index is 12.8. The molecule has 0 saturated heterocycles. The van der Waals surface area contributed by atoms with E-state index in [1.54, 1.807) is 12.3 Å². The van der Waals surface area contributed by atoms with E-state index in [1.807, 2.05) is 0 Å². The van der Waals surface area contributed by atoms with Crippen LogP contribution < -0.4 is 0 Å². The Morgan fingerprint density at radius 3 is 2.79 bits per heavy atom. The van der Waals surface area contributed by atoms with Gasteiger partial charge in [-0.05, 0) is 40.8 Å². The number of nitrogens with zero attached hydrogens (tertiary/aromatic N) is 1. The number of aromatic nitrogens is 2. The lowest BCUT2D eigenvalue weighted by Crippen LogP contribution is -1.84. The molecule has 0 saturated carbocycles. The highest BCUT2D eigenvalue weighted by atomic mass is 127. The molecule has 2 nitrogen and oxygen atoms in total. The lowest BCUT2D eigenvalue weighted by atomic mass is 10.1. The molecule has 0 aliphatic carbocycles. The van der Waals surface area contributed by atoms with Crippen molar-refractivity contribution in [3.05, 3.63) is 38.8 Å². The highest BCUT2D eigenvalue weighted by molar-refractivity contribution is 14.1. The number of hydrogen-bond acceptors (Lipinski definition) is 1. The van der Waals surface area contributed by atoms with Crippen LogP contribution in [-0.4, -0.2) is 10.2 Å². The van der Waals surface area contributed by atoms with E-state index in [4.69, 9.17) is 11.6 Å². The SMILES string of the molecule is Fc1ccc(-c2[nH]ncc2I)c(Cl)c1. The van der Waals surface area contributed by atoms with Gasteiger partial charge in [-0.1, -0.05) is 11.6 Å². The molecule has 0 unspecified atom stereocenters. The number of H-pyrrole nitrogens is 1. The summed E-state index contributed by atoms with van der Waals surface area (Å²) in [6.45, 7) is 0. The van der Waals surface area contributed by atoms with Gasteiger partial charge >= 0.3 is 0 Å². The molecule has 1 aromatic heterocycles. The minimum Gasteiger partial charge on any atom is -0.277 e. The molecule has 1 aromatic carbocycles. The van der Waals surface area contributed by atoms with Crippen LogP contribution in [-0.2, 0) is 0 Å². The van der Waals surface area contributed by atoms with Crippen molar-refractivity contribution in [2.24, 2.45) is 0 Å². The molecule has 0 fully saturated rings. The van der Waals surface area contributed by atoms with E-state index in [2.05, 4.69) is 32.8 Å². The molecule has 5 heteroatoms. The Labute approximate surface area is 98.6 Å². The molecular weight excluding hydrogens is 317 g/mol. The Kier molecular flexibility index (Phi) is 2.73. The lowest BCUT2D eigenvalue weighted by Gasteiger charge is -2.01. The highest BCUT2D eigenvalue weighted by Crippen LogP contribution is 2.29. The minimum atomic E-state index is -0.340. The van der Waals surface area contributed by atoms with Gasteiger partial charge in [-0.2, -0.15) is 5.10 Å². The summed E-state index contributed by atoms with van der Waals surface area (Å²) in [6, 6.07) is 4.29. The average Bonchev–Trinajstić information content (AvgIpc) is 2.52. The first-order valence-corrected chi connectivity index (χ1v) is 5.28. The predicted molar refractivity (Wildman–Crippen MR) is 61.7 cm³/mol. The fraction of sp³-hybridized carbons (Fsp3) is 0. The molecular formula is C9H5ClFIN2. The van der Waals surface area contributed by atoms with Crippen LogP contribution in [0.2, 0.25) is 5.02 Å². The van der Waals surface area contributed by atoms with E-state index in [1.165, 1.54) is 12.1 Å². The summed E-state index contributed by atoms with van der Waals surface area (Å²) in [5.41, 5.74) is 1.57. The summed E-state index contributed by atoms with van der Waals surface area (Å²) in [5, 5.41) is 7.08. The average molecular weight is 323 g/mol. The predicted octanol–water partition coefficient (Wildman–Crippen LogP) is 3.47. The monoisotopic (exact) mass is 322 g/mol. The molecule has 0 atom stereocenters. The quantitative estimate of drug-likeness (QED) is 0.800. The Bertz CT molecular complexity index is 470. The van der Waals surface area contributed by atoms with Crippen LogP contribution in [0.1, 0.15) is 0 Å². The van der Waals surface area contributed by atoms with Gasteiger partial charge in [0.2, 0.25) is 0 Å². The maximum Gasteiger partial charge on any atom is 0.124 e. The van der Waals surface area contributed by atoms with Gasteiger partial charge in [-0.15, -0.1) is 0 Å². The van der Waals surface area contributed by atoms with E-state index >= 15 is 0 Å². The summed E-state index contributed by atoms with van der Waals surface area (Å²) < 4.78 is 13.7. The number of hydrogen-bond donors (Lipinski definition) is 1. The van der Waals surface area contributed by atoms with E-state index < -0.39 is 0 Å². The minimum absolute atomic E-state index is 0.340. The number of benzene rings is 1.